The zero-order chi connectivity index (χ0) is 17.1. The van der Waals surface area contributed by atoms with E-state index in [0.717, 1.165) is 0 Å². The van der Waals surface area contributed by atoms with Crippen LogP contribution in [0.4, 0.5) is 0 Å². The summed E-state index contributed by atoms with van der Waals surface area (Å²) in [7, 11) is 0. The van der Waals surface area contributed by atoms with E-state index < -0.39 is 6.10 Å². The van der Waals surface area contributed by atoms with Gasteiger partial charge in [0.25, 0.3) is 0 Å². The molecule has 3 heteroatoms. The van der Waals surface area contributed by atoms with Crippen molar-refractivity contribution >= 4 is 10.9 Å². The fourth-order valence-corrected chi connectivity index (χ4v) is 3.29. The molecule has 0 saturated heterocycles. The van der Waals surface area contributed by atoms with Crippen molar-refractivity contribution in [1.29, 1.82) is 0 Å². The van der Waals surface area contributed by atoms with Crippen LogP contribution in [-0.4, -0.2) is 22.3 Å². The summed E-state index contributed by atoms with van der Waals surface area (Å²) in [6.45, 7) is 7.58. The normalized spacial score (nSPS) is 14.0. The number of para-hydroxylation sites is 1. The standard InChI is InChI=1S/C21H26N2O/c1-15-17(3)23(21-12-8-7-11-20(15)21)14-19(24)13-22-16(2)18-9-5-4-6-10-18/h4-12,16,19,22,24H,13-14H2,1-3H3/t16-,19+/m0/s1. The maximum atomic E-state index is 10.5. The Morgan fingerprint density at radius 1 is 1.00 bits per heavy atom. The van der Waals surface area contributed by atoms with E-state index in [1.807, 2.05) is 18.2 Å². The van der Waals surface area contributed by atoms with Crippen LogP contribution < -0.4 is 5.32 Å². The van der Waals surface area contributed by atoms with Gasteiger partial charge in [-0.15, -0.1) is 0 Å². The highest BCUT2D eigenvalue weighted by Gasteiger charge is 2.14. The molecular formula is C21H26N2O. The third kappa shape index (κ3) is 3.37. The van der Waals surface area contributed by atoms with Crippen molar-refractivity contribution < 1.29 is 5.11 Å². The molecule has 2 aromatic carbocycles. The first-order valence-corrected chi connectivity index (χ1v) is 8.58. The molecule has 1 heterocycles. The minimum atomic E-state index is -0.426. The van der Waals surface area contributed by atoms with Crippen LogP contribution in [-0.2, 0) is 6.54 Å². The highest BCUT2D eigenvalue weighted by atomic mass is 16.3. The van der Waals surface area contributed by atoms with Gasteiger partial charge in [-0.1, -0.05) is 48.5 Å². The van der Waals surface area contributed by atoms with Crippen LogP contribution in [0.5, 0.6) is 0 Å². The molecule has 0 aliphatic carbocycles. The molecule has 3 rings (SSSR count). The van der Waals surface area contributed by atoms with Crippen LogP contribution >= 0.6 is 0 Å². The molecule has 0 bridgehead atoms. The number of aliphatic hydroxyl groups excluding tert-OH is 1. The van der Waals surface area contributed by atoms with Crippen LogP contribution in [0.3, 0.4) is 0 Å². The number of nitrogens with zero attached hydrogens (tertiary/aromatic N) is 1. The van der Waals surface area contributed by atoms with E-state index >= 15 is 0 Å². The molecule has 0 aliphatic rings. The summed E-state index contributed by atoms with van der Waals surface area (Å²) in [5.74, 6) is 0. The average molecular weight is 322 g/mol. The highest BCUT2D eigenvalue weighted by molar-refractivity contribution is 5.85. The maximum absolute atomic E-state index is 10.5. The Kier molecular flexibility index (Phi) is 5.03. The van der Waals surface area contributed by atoms with Crippen molar-refractivity contribution in [3.8, 4) is 0 Å². The van der Waals surface area contributed by atoms with E-state index in [1.165, 1.54) is 27.7 Å². The van der Waals surface area contributed by atoms with Gasteiger partial charge in [-0.3, -0.25) is 0 Å². The van der Waals surface area contributed by atoms with Gasteiger partial charge in [0.2, 0.25) is 0 Å². The maximum Gasteiger partial charge on any atom is 0.0843 e. The molecule has 0 amide bonds. The van der Waals surface area contributed by atoms with E-state index in [1.54, 1.807) is 0 Å². The van der Waals surface area contributed by atoms with Gasteiger partial charge < -0.3 is 15.0 Å². The smallest absolute Gasteiger partial charge is 0.0843 e. The van der Waals surface area contributed by atoms with E-state index in [-0.39, 0.29) is 6.04 Å². The lowest BCUT2D eigenvalue weighted by molar-refractivity contribution is 0.149. The molecule has 0 fully saturated rings. The van der Waals surface area contributed by atoms with Gasteiger partial charge in [0.1, 0.15) is 0 Å². The van der Waals surface area contributed by atoms with Crippen molar-refractivity contribution in [1.82, 2.24) is 9.88 Å². The Morgan fingerprint density at radius 2 is 1.67 bits per heavy atom. The van der Waals surface area contributed by atoms with Gasteiger partial charge in [-0.25, -0.2) is 0 Å². The van der Waals surface area contributed by atoms with Crippen LogP contribution in [0.15, 0.2) is 54.6 Å². The van der Waals surface area contributed by atoms with E-state index in [0.29, 0.717) is 13.1 Å². The highest BCUT2D eigenvalue weighted by Crippen LogP contribution is 2.25. The number of aryl methyl sites for hydroxylation is 1. The van der Waals surface area contributed by atoms with E-state index in [4.69, 9.17) is 0 Å². The van der Waals surface area contributed by atoms with Gasteiger partial charge in [0.05, 0.1) is 12.6 Å². The summed E-state index contributed by atoms with van der Waals surface area (Å²) >= 11 is 0. The topological polar surface area (TPSA) is 37.2 Å². The number of benzene rings is 2. The number of nitrogens with one attached hydrogen (secondary N) is 1. The SMILES string of the molecule is Cc1c(C)n(C[C@H](O)CN[C@@H](C)c2ccccc2)c2ccccc12. The van der Waals surface area contributed by atoms with Gasteiger partial charge in [-0.05, 0) is 38.0 Å². The van der Waals surface area contributed by atoms with Crippen molar-refractivity contribution in [3.63, 3.8) is 0 Å². The lowest BCUT2D eigenvalue weighted by atomic mass is 10.1. The Hall–Kier alpha value is -2.10. The minimum Gasteiger partial charge on any atom is -0.390 e. The monoisotopic (exact) mass is 322 g/mol. The van der Waals surface area contributed by atoms with Crippen molar-refractivity contribution in [2.45, 2.75) is 39.5 Å². The molecule has 0 spiro atoms. The number of hydrogen-bond donors (Lipinski definition) is 2. The van der Waals surface area contributed by atoms with Crippen molar-refractivity contribution in [2.24, 2.45) is 0 Å². The quantitative estimate of drug-likeness (QED) is 0.720. The molecule has 0 saturated carbocycles. The molecule has 24 heavy (non-hydrogen) atoms. The zero-order valence-corrected chi connectivity index (χ0v) is 14.7. The van der Waals surface area contributed by atoms with Crippen LogP contribution in [0.25, 0.3) is 10.9 Å². The Balaban J connectivity index is 1.67. The second-order valence-corrected chi connectivity index (χ2v) is 6.53. The van der Waals surface area contributed by atoms with Gasteiger partial charge in [0, 0.05) is 29.2 Å². The fourth-order valence-electron chi connectivity index (χ4n) is 3.29. The predicted molar refractivity (Wildman–Crippen MR) is 100 cm³/mol. The predicted octanol–water partition coefficient (Wildman–Crippen LogP) is 3.97. The Morgan fingerprint density at radius 3 is 2.42 bits per heavy atom. The average Bonchev–Trinajstić information content (AvgIpc) is 2.86. The summed E-state index contributed by atoms with van der Waals surface area (Å²) in [6, 6.07) is 19.0. The first kappa shape index (κ1) is 16.7. The van der Waals surface area contributed by atoms with Gasteiger partial charge >= 0.3 is 0 Å². The fraction of sp³-hybridized carbons (Fsp3) is 0.333. The summed E-state index contributed by atoms with van der Waals surface area (Å²) < 4.78 is 2.23. The van der Waals surface area contributed by atoms with Crippen molar-refractivity contribution in [3.05, 3.63) is 71.4 Å². The third-order valence-electron chi connectivity index (χ3n) is 4.90. The molecule has 2 N–H and O–H groups in total. The van der Waals surface area contributed by atoms with Gasteiger partial charge in [-0.2, -0.15) is 0 Å². The summed E-state index contributed by atoms with van der Waals surface area (Å²) in [6.07, 6.45) is -0.426. The molecule has 3 aromatic rings. The number of aromatic nitrogens is 1. The molecule has 1 aromatic heterocycles. The van der Waals surface area contributed by atoms with Crippen LogP contribution in [0.2, 0.25) is 0 Å². The summed E-state index contributed by atoms with van der Waals surface area (Å²) in [5.41, 5.74) is 4.96. The number of hydrogen-bond acceptors (Lipinski definition) is 2. The second-order valence-electron chi connectivity index (χ2n) is 6.53. The lowest BCUT2D eigenvalue weighted by Gasteiger charge is -2.19. The number of aliphatic hydroxyl groups is 1. The third-order valence-corrected chi connectivity index (χ3v) is 4.90. The molecule has 3 nitrogen and oxygen atoms in total. The molecular weight excluding hydrogens is 296 g/mol. The zero-order valence-electron chi connectivity index (χ0n) is 14.7. The first-order valence-electron chi connectivity index (χ1n) is 8.58. The largest absolute Gasteiger partial charge is 0.390 e. The number of rotatable bonds is 6. The Bertz CT molecular complexity index is 807. The Labute approximate surface area is 143 Å². The molecule has 0 radical (unpaired) electrons. The molecule has 0 unspecified atom stereocenters. The van der Waals surface area contributed by atoms with Crippen molar-refractivity contribution in [2.75, 3.05) is 6.54 Å². The number of fused-ring (bicyclic) bond motifs is 1. The van der Waals surface area contributed by atoms with Gasteiger partial charge in [0.15, 0.2) is 0 Å². The second kappa shape index (κ2) is 7.20. The van der Waals surface area contributed by atoms with E-state index in [9.17, 15) is 5.11 Å². The lowest BCUT2D eigenvalue weighted by Crippen LogP contribution is -2.32. The van der Waals surface area contributed by atoms with Crippen LogP contribution in [0.1, 0.15) is 29.8 Å². The molecule has 0 aliphatic heterocycles. The summed E-state index contributed by atoms with van der Waals surface area (Å²) in [5, 5.41) is 15.2. The first-order chi connectivity index (χ1) is 11.6. The molecule has 2 atom stereocenters. The van der Waals surface area contributed by atoms with E-state index in [2.05, 4.69) is 67.1 Å². The minimum absolute atomic E-state index is 0.227. The van der Waals surface area contributed by atoms with Crippen LogP contribution in [0, 0.1) is 13.8 Å². The molecule has 126 valence electrons. The summed E-state index contributed by atoms with van der Waals surface area (Å²) in [4.78, 5) is 0.